The summed E-state index contributed by atoms with van der Waals surface area (Å²) >= 11 is 0. The van der Waals surface area contributed by atoms with E-state index in [1.54, 1.807) is 0 Å². The molecule has 0 aromatic heterocycles. The van der Waals surface area contributed by atoms with Crippen molar-refractivity contribution in [1.29, 1.82) is 0 Å². The number of amides is 1. The topological polar surface area (TPSA) is 38.3 Å². The number of hydrogen-bond donors (Lipinski definition) is 1. The molecule has 0 saturated carbocycles. The third-order valence-corrected chi connectivity index (χ3v) is 3.72. The Kier molecular flexibility index (Phi) is 7.06. The molecule has 3 heteroatoms. The van der Waals surface area contributed by atoms with Gasteiger partial charge in [0.2, 0.25) is 5.91 Å². The van der Waals surface area contributed by atoms with Crippen molar-refractivity contribution in [3.63, 3.8) is 0 Å². The molecule has 0 aromatic rings. The number of carbonyl (C=O) groups is 1. The largest absolute Gasteiger partial charge is 0.378 e. The van der Waals surface area contributed by atoms with Crippen molar-refractivity contribution in [2.24, 2.45) is 11.3 Å². The van der Waals surface area contributed by atoms with Crippen LogP contribution in [0.15, 0.2) is 0 Å². The number of rotatable bonds is 8. The van der Waals surface area contributed by atoms with Gasteiger partial charge in [-0.3, -0.25) is 4.79 Å². The first-order chi connectivity index (χ1) is 8.46. The van der Waals surface area contributed by atoms with Crippen molar-refractivity contribution in [2.75, 3.05) is 6.61 Å². The van der Waals surface area contributed by atoms with E-state index in [9.17, 15) is 4.79 Å². The van der Waals surface area contributed by atoms with Crippen LogP contribution in [0, 0.1) is 11.3 Å². The predicted octanol–water partition coefficient (Wildman–Crippen LogP) is 3.77. The zero-order chi connectivity index (χ0) is 15.3. The lowest BCUT2D eigenvalue weighted by atomic mass is 9.72. The van der Waals surface area contributed by atoms with Gasteiger partial charge >= 0.3 is 0 Å². The maximum atomic E-state index is 11.9. The molecule has 0 aromatic carbocycles. The van der Waals surface area contributed by atoms with Crippen molar-refractivity contribution < 1.29 is 9.53 Å². The van der Waals surface area contributed by atoms with Crippen molar-refractivity contribution >= 4 is 5.91 Å². The highest BCUT2D eigenvalue weighted by Gasteiger charge is 2.32. The van der Waals surface area contributed by atoms with E-state index in [4.69, 9.17) is 4.74 Å². The summed E-state index contributed by atoms with van der Waals surface area (Å²) in [6.45, 7) is 17.6. The third kappa shape index (κ3) is 8.25. The highest BCUT2D eigenvalue weighted by molar-refractivity contribution is 5.76. The van der Waals surface area contributed by atoms with Crippen molar-refractivity contribution in [3.05, 3.63) is 0 Å². The summed E-state index contributed by atoms with van der Waals surface area (Å²) in [5.41, 5.74) is 0.0356. The lowest BCUT2D eigenvalue weighted by Gasteiger charge is -2.38. The molecule has 0 unspecified atom stereocenters. The molecular formula is C16H33NO2. The van der Waals surface area contributed by atoms with E-state index in [2.05, 4.69) is 46.9 Å². The predicted molar refractivity (Wildman–Crippen MR) is 81.2 cm³/mol. The highest BCUT2D eigenvalue weighted by atomic mass is 16.5. The van der Waals surface area contributed by atoms with Gasteiger partial charge in [-0.1, -0.05) is 27.7 Å². The van der Waals surface area contributed by atoms with Crippen LogP contribution in [-0.2, 0) is 9.53 Å². The van der Waals surface area contributed by atoms with E-state index in [1.165, 1.54) is 0 Å². The molecule has 0 rings (SSSR count). The zero-order valence-electron chi connectivity index (χ0n) is 14.1. The van der Waals surface area contributed by atoms with Gasteiger partial charge in [0.05, 0.1) is 12.7 Å². The van der Waals surface area contributed by atoms with E-state index in [0.717, 1.165) is 6.42 Å². The second-order valence-corrected chi connectivity index (χ2v) is 7.42. The van der Waals surface area contributed by atoms with Gasteiger partial charge < -0.3 is 10.1 Å². The van der Waals surface area contributed by atoms with Crippen molar-refractivity contribution in [1.82, 2.24) is 5.32 Å². The number of nitrogens with one attached hydrogen (secondary N) is 1. The minimum absolute atomic E-state index is 0.0743. The van der Waals surface area contributed by atoms with Gasteiger partial charge in [0.15, 0.2) is 0 Å². The van der Waals surface area contributed by atoms with Crippen LogP contribution in [0.1, 0.15) is 68.2 Å². The summed E-state index contributed by atoms with van der Waals surface area (Å²) < 4.78 is 5.41. The summed E-state index contributed by atoms with van der Waals surface area (Å²) in [6.07, 6.45) is 1.58. The Balaban J connectivity index is 4.25. The molecule has 19 heavy (non-hydrogen) atoms. The maximum Gasteiger partial charge on any atom is 0.222 e. The molecule has 0 heterocycles. The molecule has 0 atom stereocenters. The molecule has 0 aliphatic rings. The Morgan fingerprint density at radius 1 is 1.11 bits per heavy atom. The lowest BCUT2D eigenvalue weighted by molar-refractivity contribution is -0.124. The first-order valence-corrected chi connectivity index (χ1v) is 7.39. The molecule has 0 bridgehead atoms. The summed E-state index contributed by atoms with van der Waals surface area (Å²) in [5, 5.41) is 3.12. The molecule has 1 amide bonds. The van der Waals surface area contributed by atoms with Crippen molar-refractivity contribution in [3.8, 4) is 0 Å². The zero-order valence-corrected chi connectivity index (χ0v) is 14.1. The average Bonchev–Trinajstić information content (AvgIpc) is 2.13. The second kappa shape index (κ2) is 7.28. The minimum atomic E-state index is -0.178. The standard InChI is InChI=1S/C16H33NO2/c1-12(2)15(5,6)11-16(7,8)17-14(18)9-10-19-13(3)4/h12-13H,9-11H2,1-8H3,(H,17,18). The summed E-state index contributed by atoms with van der Waals surface area (Å²) in [4.78, 5) is 11.9. The van der Waals surface area contributed by atoms with Crippen LogP contribution in [-0.4, -0.2) is 24.2 Å². The first-order valence-electron chi connectivity index (χ1n) is 7.39. The van der Waals surface area contributed by atoms with Crippen LogP contribution in [0.4, 0.5) is 0 Å². The minimum Gasteiger partial charge on any atom is -0.378 e. The molecule has 0 spiro atoms. The lowest BCUT2D eigenvalue weighted by Crippen LogP contribution is -2.47. The molecule has 0 aliphatic carbocycles. The van der Waals surface area contributed by atoms with Crippen molar-refractivity contribution in [2.45, 2.75) is 79.9 Å². The molecule has 0 fully saturated rings. The Hall–Kier alpha value is -0.570. The van der Waals surface area contributed by atoms with Gasteiger partial charge in [-0.05, 0) is 45.4 Å². The number of hydrogen-bond acceptors (Lipinski definition) is 2. The van der Waals surface area contributed by atoms with Gasteiger partial charge in [-0.15, -0.1) is 0 Å². The number of carbonyl (C=O) groups excluding carboxylic acids is 1. The number of ether oxygens (including phenoxy) is 1. The first kappa shape index (κ1) is 18.4. The van der Waals surface area contributed by atoms with E-state index in [1.807, 2.05) is 13.8 Å². The molecule has 0 aliphatic heterocycles. The Bertz CT molecular complexity index is 280. The molecule has 3 nitrogen and oxygen atoms in total. The summed E-state index contributed by atoms with van der Waals surface area (Å²) in [5.74, 6) is 0.665. The Morgan fingerprint density at radius 3 is 2.05 bits per heavy atom. The van der Waals surface area contributed by atoms with Crippen LogP contribution >= 0.6 is 0 Å². The van der Waals surface area contributed by atoms with E-state index >= 15 is 0 Å². The SMILES string of the molecule is CC(C)OCCC(=O)NC(C)(C)CC(C)(C)C(C)C. The summed E-state index contributed by atoms with van der Waals surface area (Å²) in [7, 11) is 0. The van der Waals surface area contributed by atoms with E-state index in [-0.39, 0.29) is 23.0 Å². The van der Waals surface area contributed by atoms with Crippen LogP contribution in [0.2, 0.25) is 0 Å². The fourth-order valence-electron chi connectivity index (χ4n) is 2.21. The van der Waals surface area contributed by atoms with Gasteiger partial charge in [0, 0.05) is 12.0 Å². The van der Waals surface area contributed by atoms with Gasteiger partial charge in [-0.25, -0.2) is 0 Å². The smallest absolute Gasteiger partial charge is 0.222 e. The normalized spacial score (nSPS) is 13.2. The monoisotopic (exact) mass is 271 g/mol. The summed E-state index contributed by atoms with van der Waals surface area (Å²) in [6, 6.07) is 0. The van der Waals surface area contributed by atoms with E-state index < -0.39 is 0 Å². The second-order valence-electron chi connectivity index (χ2n) is 7.42. The van der Waals surface area contributed by atoms with Gasteiger partial charge in [0.1, 0.15) is 0 Å². The fraction of sp³-hybridized carbons (Fsp3) is 0.938. The van der Waals surface area contributed by atoms with E-state index in [0.29, 0.717) is 18.9 Å². The van der Waals surface area contributed by atoms with Crippen LogP contribution in [0.25, 0.3) is 0 Å². The quantitative estimate of drug-likeness (QED) is 0.730. The van der Waals surface area contributed by atoms with Gasteiger partial charge in [-0.2, -0.15) is 0 Å². The molecule has 0 radical (unpaired) electrons. The highest BCUT2D eigenvalue weighted by Crippen LogP contribution is 2.34. The van der Waals surface area contributed by atoms with Gasteiger partial charge in [0.25, 0.3) is 0 Å². The Labute approximate surface area is 119 Å². The van der Waals surface area contributed by atoms with Crippen LogP contribution < -0.4 is 5.32 Å². The molecule has 1 N–H and O–H groups in total. The fourth-order valence-corrected chi connectivity index (χ4v) is 2.21. The third-order valence-electron chi connectivity index (χ3n) is 3.72. The molecule has 114 valence electrons. The molecular weight excluding hydrogens is 238 g/mol. The maximum absolute atomic E-state index is 11.9. The van der Waals surface area contributed by atoms with Crippen LogP contribution in [0.5, 0.6) is 0 Å². The Morgan fingerprint density at radius 2 is 1.63 bits per heavy atom. The molecule has 0 saturated heterocycles. The van der Waals surface area contributed by atoms with Crippen LogP contribution in [0.3, 0.4) is 0 Å². The average molecular weight is 271 g/mol.